The maximum absolute atomic E-state index is 2.63. The van der Waals surface area contributed by atoms with E-state index in [1.54, 1.807) is 5.20 Å². The maximum Gasteiger partial charge on any atom is 0.0895 e. The summed E-state index contributed by atoms with van der Waals surface area (Å²) in [5.41, 5.74) is 10.5. The van der Waals surface area contributed by atoms with Crippen LogP contribution in [0.5, 0.6) is 0 Å². The van der Waals surface area contributed by atoms with E-state index in [1.807, 2.05) is 0 Å². The largest absolute Gasteiger partial charge is 0.0895 e. The molecule has 0 nitrogen and oxygen atoms in total. The number of fused-ring (bicyclic) bond motifs is 3. The molecule has 0 unspecified atom stereocenters. The first-order valence-electron chi connectivity index (χ1n) is 11.8. The van der Waals surface area contributed by atoms with Crippen LogP contribution in [0.25, 0.3) is 28.3 Å². The van der Waals surface area contributed by atoms with Crippen LogP contribution in [-0.2, 0) is 6.42 Å². The van der Waals surface area contributed by atoms with E-state index in [4.69, 9.17) is 0 Å². The Balaban J connectivity index is 2.07. The Morgan fingerprint density at radius 2 is 1.13 bits per heavy atom. The summed E-state index contributed by atoms with van der Waals surface area (Å²) < 4.78 is 0. The van der Waals surface area contributed by atoms with Gasteiger partial charge in [-0.15, -0.1) is 0 Å². The predicted molar refractivity (Wildman–Crippen MR) is 140 cm³/mol. The summed E-state index contributed by atoms with van der Waals surface area (Å²) in [5.74, 6) is 0. The van der Waals surface area contributed by atoms with Crippen molar-refractivity contribution in [1.29, 1.82) is 0 Å². The summed E-state index contributed by atoms with van der Waals surface area (Å²) in [5, 5.41) is 1.72. The van der Waals surface area contributed by atoms with Gasteiger partial charge in [0.25, 0.3) is 0 Å². The minimum Gasteiger partial charge on any atom is -0.0746 e. The molecule has 0 aliphatic heterocycles. The third-order valence-corrected chi connectivity index (χ3v) is 14.8. The third kappa shape index (κ3) is 3.63. The molecular weight excluding hydrogens is 388 g/mol. The molecule has 1 heteroatoms. The van der Waals surface area contributed by atoms with E-state index >= 15 is 0 Å². The van der Waals surface area contributed by atoms with Gasteiger partial charge >= 0.3 is 0 Å². The summed E-state index contributed by atoms with van der Waals surface area (Å²) in [6.07, 6.45) is 3.71. The number of rotatable bonds is 5. The minimum atomic E-state index is -1.76. The summed E-state index contributed by atoms with van der Waals surface area (Å²) in [6.45, 7) is 14.9. The summed E-state index contributed by atoms with van der Waals surface area (Å²) >= 11 is 0. The molecule has 0 atom stereocenters. The van der Waals surface area contributed by atoms with Crippen LogP contribution in [-0.4, -0.2) is 8.07 Å². The van der Waals surface area contributed by atoms with Crippen LogP contribution in [0.3, 0.4) is 0 Å². The molecule has 0 saturated carbocycles. The molecular formula is C30H36Si. The second-order valence-electron chi connectivity index (χ2n) is 10.0. The lowest BCUT2D eigenvalue weighted by atomic mass is 9.91. The summed E-state index contributed by atoms with van der Waals surface area (Å²) in [7, 11) is -1.76. The smallest absolute Gasteiger partial charge is 0.0746 e. The van der Waals surface area contributed by atoms with Gasteiger partial charge in [-0.25, -0.2) is 0 Å². The first kappa shape index (κ1) is 21.8. The zero-order valence-corrected chi connectivity index (χ0v) is 20.9. The van der Waals surface area contributed by atoms with Gasteiger partial charge < -0.3 is 0 Å². The van der Waals surface area contributed by atoms with Crippen molar-refractivity contribution in [2.45, 2.75) is 64.6 Å². The average molecular weight is 425 g/mol. The lowest BCUT2D eigenvalue weighted by molar-refractivity contribution is 0.818. The highest BCUT2D eigenvalue weighted by Crippen LogP contribution is 2.50. The Kier molecular flexibility index (Phi) is 6.08. The first-order valence-corrected chi connectivity index (χ1v) is 14.1. The van der Waals surface area contributed by atoms with Gasteiger partial charge in [-0.1, -0.05) is 126 Å². The molecule has 0 radical (unpaired) electrons. The quantitative estimate of drug-likeness (QED) is 0.358. The fourth-order valence-electron chi connectivity index (χ4n) is 6.58. The van der Waals surface area contributed by atoms with E-state index in [-0.39, 0.29) is 0 Å². The van der Waals surface area contributed by atoms with Crippen LogP contribution < -0.4 is 0 Å². The van der Waals surface area contributed by atoms with Crippen LogP contribution in [0.2, 0.25) is 16.6 Å². The lowest BCUT2D eigenvalue weighted by Crippen LogP contribution is -2.47. The molecule has 0 bridgehead atoms. The standard InChI is InChI=1S/C30H36Si/c1-21(2)31(22(3)4,23(5)6)26-19-25-15-10-11-16-28(25)29-18-12-17-27(30(29)20-26)24-13-8-7-9-14-24/h7-18,20-23H,19H2,1-6H3. The molecule has 31 heavy (non-hydrogen) atoms. The van der Waals surface area contributed by atoms with E-state index < -0.39 is 8.07 Å². The Bertz CT molecular complexity index is 1060. The maximum atomic E-state index is 2.63. The van der Waals surface area contributed by atoms with Crippen LogP contribution in [0.1, 0.15) is 52.7 Å². The second-order valence-corrected chi connectivity index (χ2v) is 16.0. The van der Waals surface area contributed by atoms with Gasteiger partial charge in [0, 0.05) is 0 Å². The molecule has 3 aromatic rings. The van der Waals surface area contributed by atoms with Crippen LogP contribution in [0.15, 0.2) is 78.0 Å². The van der Waals surface area contributed by atoms with Gasteiger partial charge in [0.15, 0.2) is 0 Å². The van der Waals surface area contributed by atoms with Gasteiger partial charge in [0.05, 0.1) is 8.07 Å². The molecule has 4 rings (SSSR count). The van der Waals surface area contributed by atoms with Gasteiger partial charge in [0.2, 0.25) is 0 Å². The number of hydrogen-bond donors (Lipinski definition) is 0. The van der Waals surface area contributed by atoms with Gasteiger partial charge in [-0.05, 0) is 56.4 Å². The van der Waals surface area contributed by atoms with E-state index in [2.05, 4.69) is 120 Å². The van der Waals surface area contributed by atoms with Crippen molar-refractivity contribution in [2.75, 3.05) is 0 Å². The number of benzene rings is 3. The van der Waals surface area contributed by atoms with Crippen molar-refractivity contribution in [3.8, 4) is 22.3 Å². The van der Waals surface area contributed by atoms with Crippen molar-refractivity contribution in [1.82, 2.24) is 0 Å². The van der Waals surface area contributed by atoms with Crippen LogP contribution in [0.4, 0.5) is 0 Å². The van der Waals surface area contributed by atoms with E-state index in [1.165, 1.54) is 33.4 Å². The van der Waals surface area contributed by atoms with Crippen molar-refractivity contribution >= 4 is 14.1 Å². The van der Waals surface area contributed by atoms with Gasteiger partial charge in [0.1, 0.15) is 0 Å². The number of allylic oxidation sites excluding steroid dienone is 1. The Labute approximate surface area is 190 Å². The molecule has 0 saturated heterocycles. The molecule has 0 amide bonds. The van der Waals surface area contributed by atoms with Gasteiger partial charge in [-0.3, -0.25) is 0 Å². The SMILES string of the molecule is CC(C)[Si](C1=Cc2c(-c3ccccc3)cccc2-c2ccccc2C1)(C(C)C)C(C)C. The topological polar surface area (TPSA) is 0 Å². The Morgan fingerprint density at radius 3 is 1.77 bits per heavy atom. The van der Waals surface area contributed by atoms with E-state index in [0.717, 1.165) is 6.42 Å². The summed E-state index contributed by atoms with van der Waals surface area (Å²) in [6, 6.07) is 26.9. The Hall–Kier alpha value is -2.38. The van der Waals surface area contributed by atoms with Crippen molar-refractivity contribution in [3.05, 3.63) is 89.1 Å². The molecule has 3 aromatic carbocycles. The monoisotopic (exact) mass is 424 g/mol. The van der Waals surface area contributed by atoms with E-state index in [9.17, 15) is 0 Å². The first-order chi connectivity index (χ1) is 14.9. The highest BCUT2D eigenvalue weighted by atomic mass is 28.3. The lowest BCUT2D eigenvalue weighted by Gasteiger charge is -2.45. The Morgan fingerprint density at radius 1 is 0.581 bits per heavy atom. The minimum absolute atomic E-state index is 0.705. The molecule has 0 heterocycles. The third-order valence-electron chi connectivity index (χ3n) is 7.62. The van der Waals surface area contributed by atoms with Crippen molar-refractivity contribution < 1.29 is 0 Å². The normalized spacial score (nSPS) is 13.8. The van der Waals surface area contributed by atoms with Gasteiger partial charge in [-0.2, -0.15) is 0 Å². The molecule has 0 spiro atoms. The molecule has 0 N–H and O–H groups in total. The fraction of sp³-hybridized carbons (Fsp3) is 0.333. The highest BCUT2D eigenvalue weighted by molar-refractivity contribution is 6.90. The van der Waals surface area contributed by atoms with Crippen molar-refractivity contribution in [3.63, 3.8) is 0 Å². The average Bonchev–Trinajstić information content (AvgIpc) is 2.91. The molecule has 160 valence electrons. The summed E-state index contributed by atoms with van der Waals surface area (Å²) in [4.78, 5) is 0. The fourth-order valence-corrected chi connectivity index (χ4v) is 13.7. The second kappa shape index (κ2) is 8.63. The van der Waals surface area contributed by atoms with Crippen molar-refractivity contribution in [2.24, 2.45) is 0 Å². The molecule has 0 fully saturated rings. The number of hydrogen-bond acceptors (Lipinski definition) is 0. The highest BCUT2D eigenvalue weighted by Gasteiger charge is 2.46. The molecule has 0 aromatic heterocycles. The molecule has 1 aliphatic carbocycles. The molecule has 1 aliphatic rings. The zero-order valence-electron chi connectivity index (χ0n) is 19.9. The van der Waals surface area contributed by atoms with Crippen LogP contribution in [0, 0.1) is 0 Å². The predicted octanol–water partition coefficient (Wildman–Crippen LogP) is 9.18. The van der Waals surface area contributed by atoms with Crippen LogP contribution >= 0.6 is 0 Å². The zero-order chi connectivity index (χ0) is 22.2. The van der Waals surface area contributed by atoms with E-state index in [0.29, 0.717) is 16.6 Å².